The Hall–Kier alpha value is -2.34. The second-order valence-electron chi connectivity index (χ2n) is 6.36. The molecule has 3 rings (SSSR count). The first-order chi connectivity index (χ1) is 12.4. The smallest absolute Gasteiger partial charge is 0.339 e. The van der Waals surface area contributed by atoms with Gasteiger partial charge in [-0.25, -0.2) is 14.3 Å². The molecule has 0 radical (unpaired) electrons. The van der Waals surface area contributed by atoms with Gasteiger partial charge in [0.05, 0.1) is 34.7 Å². The molecule has 0 fully saturated rings. The summed E-state index contributed by atoms with van der Waals surface area (Å²) in [6, 6.07) is 5.01. The van der Waals surface area contributed by atoms with Crippen LogP contribution >= 0.6 is 11.6 Å². The van der Waals surface area contributed by atoms with Crippen LogP contribution in [0, 0.1) is 0 Å². The molecule has 1 aliphatic carbocycles. The summed E-state index contributed by atoms with van der Waals surface area (Å²) < 4.78 is 12.2. The van der Waals surface area contributed by atoms with Gasteiger partial charge in [0.2, 0.25) is 0 Å². The highest BCUT2D eigenvalue weighted by atomic mass is 35.5. The van der Waals surface area contributed by atoms with Crippen LogP contribution in [0.25, 0.3) is 5.69 Å². The molecule has 1 aromatic heterocycles. The number of aryl methyl sites for hydroxylation is 1. The fourth-order valence-electron chi connectivity index (χ4n) is 3.00. The molecule has 0 spiro atoms. The maximum atomic E-state index is 13.0. The van der Waals surface area contributed by atoms with Gasteiger partial charge in [0.1, 0.15) is 0 Å². The van der Waals surface area contributed by atoms with Crippen LogP contribution < -0.4 is 10.3 Å². The molecule has 0 amide bonds. The van der Waals surface area contributed by atoms with Gasteiger partial charge in [-0.1, -0.05) is 11.6 Å². The first-order valence-electron chi connectivity index (χ1n) is 8.70. The minimum atomic E-state index is -0.534. The highest BCUT2D eigenvalue weighted by molar-refractivity contribution is 6.33. The van der Waals surface area contributed by atoms with Crippen LogP contribution in [0.1, 0.15) is 48.8 Å². The van der Waals surface area contributed by atoms with E-state index in [9.17, 15) is 9.59 Å². The number of hydrogen-bond donors (Lipinski definition) is 0. The van der Waals surface area contributed by atoms with Crippen LogP contribution in [0.5, 0.6) is 6.01 Å². The van der Waals surface area contributed by atoms with Crippen molar-refractivity contribution in [3.63, 3.8) is 0 Å². The third kappa shape index (κ3) is 3.46. The van der Waals surface area contributed by atoms with E-state index in [2.05, 4.69) is 4.98 Å². The van der Waals surface area contributed by atoms with Gasteiger partial charge in [-0.05, 0) is 58.2 Å². The van der Waals surface area contributed by atoms with E-state index in [1.54, 1.807) is 19.1 Å². The van der Waals surface area contributed by atoms with E-state index < -0.39 is 5.97 Å². The van der Waals surface area contributed by atoms with E-state index in [0.717, 1.165) is 18.5 Å². The second-order valence-corrected chi connectivity index (χ2v) is 6.77. The largest absolute Gasteiger partial charge is 0.462 e. The SMILES string of the molecule is CCOC(=O)c1cc(-n2c(OC(C)C)nc3c(c2=O)CCC3)ccc1Cl. The highest BCUT2D eigenvalue weighted by Crippen LogP contribution is 2.25. The molecular formula is C19H21ClN2O4. The summed E-state index contributed by atoms with van der Waals surface area (Å²) in [5, 5.41) is 0.265. The van der Waals surface area contributed by atoms with Crippen LogP contribution in [-0.4, -0.2) is 28.2 Å². The second kappa shape index (κ2) is 7.50. The minimum absolute atomic E-state index is 0.149. The van der Waals surface area contributed by atoms with E-state index in [-0.39, 0.29) is 34.9 Å². The van der Waals surface area contributed by atoms with Gasteiger partial charge in [-0.15, -0.1) is 0 Å². The summed E-state index contributed by atoms with van der Waals surface area (Å²) in [7, 11) is 0. The fourth-order valence-corrected chi connectivity index (χ4v) is 3.20. The summed E-state index contributed by atoms with van der Waals surface area (Å²) in [4.78, 5) is 29.7. The van der Waals surface area contributed by atoms with Gasteiger partial charge in [-0.2, -0.15) is 0 Å². The number of carbonyl (C=O) groups is 1. The van der Waals surface area contributed by atoms with Gasteiger partial charge in [0.25, 0.3) is 5.56 Å². The maximum Gasteiger partial charge on any atom is 0.339 e. The molecule has 1 heterocycles. The quantitative estimate of drug-likeness (QED) is 0.748. The average Bonchev–Trinajstić information content (AvgIpc) is 3.04. The number of nitrogens with zero attached hydrogens (tertiary/aromatic N) is 2. The van der Waals surface area contributed by atoms with Crippen molar-refractivity contribution in [2.75, 3.05) is 6.61 Å². The van der Waals surface area contributed by atoms with E-state index in [1.807, 2.05) is 13.8 Å². The number of esters is 1. The lowest BCUT2D eigenvalue weighted by Gasteiger charge is -2.17. The van der Waals surface area contributed by atoms with Crippen molar-refractivity contribution in [3.05, 3.63) is 50.4 Å². The number of fused-ring (bicyclic) bond motifs is 1. The Morgan fingerprint density at radius 1 is 1.35 bits per heavy atom. The lowest BCUT2D eigenvalue weighted by atomic mass is 10.2. The molecule has 1 aromatic carbocycles. The lowest BCUT2D eigenvalue weighted by Crippen LogP contribution is -2.27. The van der Waals surface area contributed by atoms with Crippen molar-refractivity contribution >= 4 is 17.6 Å². The van der Waals surface area contributed by atoms with E-state index in [0.29, 0.717) is 17.7 Å². The van der Waals surface area contributed by atoms with Crippen LogP contribution in [0.4, 0.5) is 0 Å². The van der Waals surface area contributed by atoms with Crippen molar-refractivity contribution in [2.45, 2.75) is 46.1 Å². The molecule has 0 bridgehead atoms. The molecule has 138 valence electrons. The zero-order valence-corrected chi connectivity index (χ0v) is 15.8. The number of hydrogen-bond acceptors (Lipinski definition) is 5. The molecule has 0 N–H and O–H groups in total. The van der Waals surface area contributed by atoms with Gasteiger partial charge in [0, 0.05) is 5.56 Å². The zero-order chi connectivity index (χ0) is 18.8. The number of benzene rings is 1. The Labute approximate surface area is 156 Å². The third-order valence-corrected chi connectivity index (χ3v) is 4.45. The van der Waals surface area contributed by atoms with Crippen molar-refractivity contribution in [3.8, 4) is 11.7 Å². The molecular weight excluding hydrogens is 356 g/mol. The normalized spacial score (nSPS) is 13.0. The van der Waals surface area contributed by atoms with E-state index >= 15 is 0 Å². The Kier molecular flexibility index (Phi) is 5.32. The number of aromatic nitrogens is 2. The summed E-state index contributed by atoms with van der Waals surface area (Å²) >= 11 is 6.14. The van der Waals surface area contributed by atoms with Gasteiger partial charge >= 0.3 is 12.0 Å². The number of rotatable bonds is 5. The Morgan fingerprint density at radius 3 is 2.81 bits per heavy atom. The molecule has 6 nitrogen and oxygen atoms in total. The summed E-state index contributed by atoms with van der Waals surface area (Å²) in [6.45, 7) is 5.70. The van der Waals surface area contributed by atoms with Crippen molar-refractivity contribution in [2.24, 2.45) is 0 Å². The van der Waals surface area contributed by atoms with Crippen LogP contribution in [-0.2, 0) is 17.6 Å². The predicted octanol–water partition coefficient (Wildman–Crippen LogP) is 3.34. The van der Waals surface area contributed by atoms with Gasteiger partial charge in [-0.3, -0.25) is 4.79 Å². The molecule has 0 atom stereocenters. The van der Waals surface area contributed by atoms with E-state index in [4.69, 9.17) is 21.1 Å². The summed E-state index contributed by atoms with van der Waals surface area (Å²) in [6.07, 6.45) is 2.22. The van der Waals surface area contributed by atoms with Gasteiger partial charge in [0.15, 0.2) is 0 Å². The minimum Gasteiger partial charge on any atom is -0.462 e. The van der Waals surface area contributed by atoms with Crippen LogP contribution in [0.15, 0.2) is 23.0 Å². The zero-order valence-electron chi connectivity index (χ0n) is 15.0. The number of ether oxygens (including phenoxy) is 2. The fraction of sp³-hybridized carbons (Fsp3) is 0.421. The molecule has 0 saturated carbocycles. The first kappa shape index (κ1) is 18.5. The van der Waals surface area contributed by atoms with Crippen molar-refractivity contribution < 1.29 is 14.3 Å². The Bertz CT molecular complexity index is 905. The Morgan fingerprint density at radius 2 is 2.12 bits per heavy atom. The molecule has 0 saturated heterocycles. The maximum absolute atomic E-state index is 13.0. The van der Waals surface area contributed by atoms with Crippen molar-refractivity contribution in [1.29, 1.82) is 0 Å². The van der Waals surface area contributed by atoms with Gasteiger partial charge < -0.3 is 9.47 Å². The molecule has 2 aromatic rings. The van der Waals surface area contributed by atoms with Crippen molar-refractivity contribution in [1.82, 2.24) is 9.55 Å². The van der Waals surface area contributed by atoms with E-state index in [1.165, 1.54) is 10.6 Å². The summed E-state index contributed by atoms with van der Waals surface area (Å²) in [5.74, 6) is -0.534. The Balaban J connectivity index is 2.18. The molecule has 0 aliphatic heterocycles. The lowest BCUT2D eigenvalue weighted by molar-refractivity contribution is 0.0526. The molecule has 0 unspecified atom stereocenters. The van der Waals surface area contributed by atoms with Crippen LogP contribution in [0.3, 0.4) is 0 Å². The topological polar surface area (TPSA) is 70.4 Å². The predicted molar refractivity (Wildman–Crippen MR) is 98.6 cm³/mol. The highest BCUT2D eigenvalue weighted by Gasteiger charge is 2.24. The standard InChI is InChI=1S/C19H21ClN2O4/c1-4-25-18(24)14-10-12(8-9-15(14)20)22-17(23)13-6-5-7-16(13)21-19(22)26-11(2)3/h8-11H,4-7H2,1-3H3. The number of halogens is 1. The number of carbonyl (C=O) groups excluding carboxylic acids is 1. The summed E-state index contributed by atoms with van der Waals surface area (Å²) in [5.41, 5.74) is 2.00. The average molecular weight is 377 g/mol. The monoisotopic (exact) mass is 376 g/mol. The first-order valence-corrected chi connectivity index (χ1v) is 9.08. The third-order valence-electron chi connectivity index (χ3n) is 4.12. The molecule has 7 heteroatoms. The molecule has 1 aliphatic rings. The molecule has 26 heavy (non-hydrogen) atoms. The van der Waals surface area contributed by atoms with Crippen LogP contribution in [0.2, 0.25) is 5.02 Å².